The summed E-state index contributed by atoms with van der Waals surface area (Å²) in [5.74, 6) is 1.58. The molecule has 0 radical (unpaired) electrons. The molecule has 0 unspecified atom stereocenters. The van der Waals surface area contributed by atoms with Gasteiger partial charge in [0.05, 0.1) is 5.02 Å². The first kappa shape index (κ1) is 17.3. The van der Waals surface area contributed by atoms with Gasteiger partial charge >= 0.3 is 0 Å². The minimum absolute atomic E-state index is 0.587. The van der Waals surface area contributed by atoms with Gasteiger partial charge in [0.2, 0.25) is 0 Å². The zero-order valence-electron chi connectivity index (χ0n) is 13.4. The maximum Gasteiger partial charge on any atom is 0.151 e. The molecule has 1 aliphatic rings. The van der Waals surface area contributed by atoms with Crippen molar-refractivity contribution in [3.05, 3.63) is 46.6 Å². The lowest BCUT2D eigenvalue weighted by Gasteiger charge is -2.22. The topological polar surface area (TPSA) is 41.5 Å². The fraction of sp³-hybridized carbons (Fsp3) is 0.412. The van der Waals surface area contributed by atoms with Crippen molar-refractivity contribution in [2.45, 2.75) is 6.42 Å². The number of hydrogen-bond acceptors (Lipinski definition) is 5. The number of anilines is 1. The van der Waals surface area contributed by atoms with E-state index in [4.69, 9.17) is 27.9 Å². The van der Waals surface area contributed by atoms with Crippen LogP contribution in [0.4, 0.5) is 5.82 Å². The Labute approximate surface area is 152 Å². The third-order valence-corrected chi connectivity index (χ3v) is 4.58. The highest BCUT2D eigenvalue weighted by molar-refractivity contribution is 6.34. The molecule has 5 nitrogen and oxygen atoms in total. The van der Waals surface area contributed by atoms with E-state index in [2.05, 4.69) is 20.0 Å². The van der Waals surface area contributed by atoms with E-state index in [0.29, 0.717) is 22.4 Å². The van der Waals surface area contributed by atoms with Crippen molar-refractivity contribution in [1.29, 1.82) is 0 Å². The Morgan fingerprint density at radius 1 is 1.08 bits per heavy atom. The summed E-state index contributed by atoms with van der Waals surface area (Å²) in [7, 11) is 0. The van der Waals surface area contributed by atoms with Gasteiger partial charge in [0, 0.05) is 50.0 Å². The second kappa shape index (κ2) is 8.51. The van der Waals surface area contributed by atoms with Gasteiger partial charge < -0.3 is 9.64 Å². The molecule has 1 aromatic carbocycles. The zero-order valence-corrected chi connectivity index (χ0v) is 14.9. The minimum atomic E-state index is 0.587. The van der Waals surface area contributed by atoms with Crippen LogP contribution >= 0.6 is 23.2 Å². The number of hydrogen-bond donors (Lipinski definition) is 0. The first-order valence-corrected chi connectivity index (χ1v) is 8.81. The first-order chi connectivity index (χ1) is 11.7. The molecule has 3 rings (SSSR count). The number of ether oxygens (including phenoxy) is 1. The zero-order chi connectivity index (χ0) is 16.8. The van der Waals surface area contributed by atoms with E-state index in [0.717, 1.165) is 45.0 Å². The van der Waals surface area contributed by atoms with Crippen LogP contribution in [0.25, 0.3) is 0 Å². The van der Waals surface area contributed by atoms with E-state index in [-0.39, 0.29) is 0 Å². The van der Waals surface area contributed by atoms with Crippen molar-refractivity contribution in [2.24, 2.45) is 0 Å². The van der Waals surface area contributed by atoms with Crippen LogP contribution < -0.4 is 9.64 Å². The predicted octanol–water partition coefficient (Wildman–Crippen LogP) is 3.37. The fourth-order valence-corrected chi connectivity index (χ4v) is 3.09. The Morgan fingerprint density at radius 3 is 2.83 bits per heavy atom. The van der Waals surface area contributed by atoms with Gasteiger partial charge in [-0.1, -0.05) is 23.2 Å². The van der Waals surface area contributed by atoms with Crippen LogP contribution in [0.15, 0.2) is 36.5 Å². The third-order valence-electron chi connectivity index (χ3n) is 4.03. The largest absolute Gasteiger partial charge is 0.491 e. The summed E-state index contributed by atoms with van der Waals surface area (Å²) in [6.07, 6.45) is 2.79. The van der Waals surface area contributed by atoms with Gasteiger partial charge in [0.1, 0.15) is 12.4 Å². The van der Waals surface area contributed by atoms with Gasteiger partial charge in [-0.2, -0.15) is 5.10 Å². The summed E-state index contributed by atoms with van der Waals surface area (Å²) < 4.78 is 5.78. The summed E-state index contributed by atoms with van der Waals surface area (Å²) in [6.45, 7) is 5.40. The molecule has 0 aliphatic carbocycles. The van der Waals surface area contributed by atoms with Crippen molar-refractivity contribution in [3.63, 3.8) is 0 Å². The SMILES string of the molecule is Clc1ccc(Cl)c(OCCN2CCCN(c3cccnn3)CC2)c1. The second-order valence-electron chi connectivity index (χ2n) is 5.69. The Hall–Kier alpha value is -1.56. The standard InChI is InChI=1S/C17H20Cl2N4O/c18-14-4-5-15(19)16(13-14)24-12-11-22-7-2-8-23(10-9-22)17-3-1-6-20-21-17/h1,3-6,13H,2,7-12H2. The molecule has 24 heavy (non-hydrogen) atoms. The summed E-state index contributed by atoms with van der Waals surface area (Å²) in [6, 6.07) is 9.19. The summed E-state index contributed by atoms with van der Waals surface area (Å²) in [5, 5.41) is 9.37. The van der Waals surface area contributed by atoms with Crippen molar-refractivity contribution in [1.82, 2.24) is 15.1 Å². The Bertz CT molecular complexity index is 656. The molecule has 1 saturated heterocycles. The minimum Gasteiger partial charge on any atom is -0.491 e. The van der Waals surface area contributed by atoms with Crippen LogP contribution in [0.1, 0.15) is 6.42 Å². The number of benzene rings is 1. The molecular formula is C17H20Cl2N4O. The van der Waals surface area contributed by atoms with Gasteiger partial charge in [-0.3, -0.25) is 4.90 Å². The molecule has 2 heterocycles. The number of halogens is 2. The maximum atomic E-state index is 6.11. The predicted molar refractivity (Wildman–Crippen MR) is 97.3 cm³/mol. The van der Waals surface area contributed by atoms with Crippen molar-refractivity contribution >= 4 is 29.0 Å². The summed E-state index contributed by atoms with van der Waals surface area (Å²) in [4.78, 5) is 4.68. The van der Waals surface area contributed by atoms with E-state index in [9.17, 15) is 0 Å². The molecular weight excluding hydrogens is 347 g/mol. The lowest BCUT2D eigenvalue weighted by atomic mass is 10.3. The van der Waals surface area contributed by atoms with Crippen LogP contribution in [-0.2, 0) is 0 Å². The van der Waals surface area contributed by atoms with Crippen LogP contribution in [0.5, 0.6) is 5.75 Å². The molecule has 0 bridgehead atoms. The van der Waals surface area contributed by atoms with Crippen LogP contribution in [0.2, 0.25) is 10.0 Å². The van der Waals surface area contributed by atoms with E-state index < -0.39 is 0 Å². The molecule has 0 N–H and O–H groups in total. The second-order valence-corrected chi connectivity index (χ2v) is 6.53. The molecule has 0 atom stereocenters. The Kier molecular flexibility index (Phi) is 6.12. The van der Waals surface area contributed by atoms with Gasteiger partial charge in [-0.05, 0) is 30.7 Å². The normalized spacial score (nSPS) is 16.0. The van der Waals surface area contributed by atoms with Crippen LogP contribution in [0, 0.1) is 0 Å². The lowest BCUT2D eigenvalue weighted by Crippen LogP contribution is -2.33. The van der Waals surface area contributed by atoms with Gasteiger partial charge in [-0.25, -0.2) is 0 Å². The average Bonchev–Trinajstić information content (AvgIpc) is 2.84. The van der Waals surface area contributed by atoms with Crippen molar-refractivity contribution < 1.29 is 4.74 Å². The van der Waals surface area contributed by atoms with Gasteiger partial charge in [0.25, 0.3) is 0 Å². The Balaban J connectivity index is 1.48. The Morgan fingerprint density at radius 2 is 2.00 bits per heavy atom. The summed E-state index contributed by atoms with van der Waals surface area (Å²) >= 11 is 12.1. The van der Waals surface area contributed by atoms with E-state index in [1.165, 1.54) is 0 Å². The molecule has 128 valence electrons. The van der Waals surface area contributed by atoms with Gasteiger partial charge in [-0.15, -0.1) is 5.10 Å². The highest BCUT2D eigenvalue weighted by Crippen LogP contribution is 2.27. The van der Waals surface area contributed by atoms with Crippen LogP contribution in [0.3, 0.4) is 0 Å². The highest BCUT2D eigenvalue weighted by atomic mass is 35.5. The number of rotatable bonds is 5. The van der Waals surface area contributed by atoms with Gasteiger partial charge in [0.15, 0.2) is 5.82 Å². The molecule has 1 fully saturated rings. The van der Waals surface area contributed by atoms with E-state index in [1.807, 2.05) is 12.1 Å². The molecule has 0 saturated carbocycles. The van der Waals surface area contributed by atoms with Crippen molar-refractivity contribution in [2.75, 3.05) is 44.2 Å². The molecule has 1 aliphatic heterocycles. The molecule has 0 amide bonds. The summed E-state index contributed by atoms with van der Waals surface area (Å²) in [5.41, 5.74) is 0. The monoisotopic (exact) mass is 366 g/mol. The molecule has 1 aromatic heterocycles. The van der Waals surface area contributed by atoms with Crippen molar-refractivity contribution in [3.8, 4) is 5.75 Å². The smallest absolute Gasteiger partial charge is 0.151 e. The van der Waals surface area contributed by atoms with E-state index in [1.54, 1.807) is 24.4 Å². The molecule has 7 heteroatoms. The quantitative estimate of drug-likeness (QED) is 0.811. The van der Waals surface area contributed by atoms with E-state index >= 15 is 0 Å². The lowest BCUT2D eigenvalue weighted by molar-refractivity contribution is 0.218. The number of aromatic nitrogens is 2. The first-order valence-electron chi connectivity index (χ1n) is 8.05. The molecule has 2 aromatic rings. The highest BCUT2D eigenvalue weighted by Gasteiger charge is 2.16. The average molecular weight is 367 g/mol. The fourth-order valence-electron chi connectivity index (χ4n) is 2.76. The maximum absolute atomic E-state index is 6.11. The third kappa shape index (κ3) is 4.72. The number of nitrogens with zero attached hydrogens (tertiary/aromatic N) is 4. The van der Waals surface area contributed by atoms with Crippen LogP contribution in [-0.4, -0.2) is 54.4 Å². The molecule has 0 spiro atoms.